The molecule has 0 bridgehead atoms. The van der Waals surface area contributed by atoms with Crippen LogP contribution in [0, 0.1) is 0 Å². The molecule has 25 heavy (non-hydrogen) atoms. The van der Waals surface area contributed by atoms with Crippen molar-refractivity contribution in [2.24, 2.45) is 0 Å². The predicted molar refractivity (Wildman–Crippen MR) is 104 cm³/mol. The zero-order valence-electron chi connectivity index (χ0n) is 13.7. The number of carbonyl (C=O) groups is 1. The topological polar surface area (TPSA) is 67.4 Å². The highest BCUT2D eigenvalue weighted by molar-refractivity contribution is 8.01. The van der Waals surface area contributed by atoms with Gasteiger partial charge in [-0.1, -0.05) is 34.7 Å². The van der Waals surface area contributed by atoms with Crippen LogP contribution in [-0.2, 0) is 16.1 Å². The van der Waals surface area contributed by atoms with Crippen LogP contribution < -0.4 is 5.32 Å². The Morgan fingerprint density at radius 2 is 2.36 bits per heavy atom. The monoisotopic (exact) mass is 418 g/mol. The van der Waals surface area contributed by atoms with Gasteiger partial charge in [-0.2, -0.15) is 0 Å². The van der Waals surface area contributed by atoms with E-state index in [2.05, 4.69) is 15.5 Å². The van der Waals surface area contributed by atoms with Crippen molar-refractivity contribution in [2.45, 2.75) is 29.8 Å². The number of ether oxygens (including phenoxy) is 1. The summed E-state index contributed by atoms with van der Waals surface area (Å²) in [5.41, 5.74) is 0. The Kier molecular flexibility index (Phi) is 6.94. The van der Waals surface area contributed by atoms with Gasteiger partial charge in [0.2, 0.25) is 11.0 Å². The Balaban J connectivity index is 1.40. The maximum Gasteiger partial charge on any atom is 0.233 e. The summed E-state index contributed by atoms with van der Waals surface area (Å²) in [7, 11) is 1.80. The molecule has 1 aliphatic rings. The molecule has 136 valence electrons. The first-order valence-corrected chi connectivity index (χ1v) is 10.9. The van der Waals surface area contributed by atoms with Crippen LogP contribution in [0.4, 0.5) is 5.13 Å². The number of rotatable bonds is 8. The fraction of sp³-hybridized carbons (Fsp3) is 0.533. The van der Waals surface area contributed by atoms with Gasteiger partial charge in [0.15, 0.2) is 4.34 Å². The molecule has 1 saturated heterocycles. The van der Waals surface area contributed by atoms with Crippen molar-refractivity contribution in [3.8, 4) is 0 Å². The number of aromatic nitrogens is 2. The summed E-state index contributed by atoms with van der Waals surface area (Å²) in [6.45, 7) is 2.17. The second-order valence-electron chi connectivity index (χ2n) is 5.63. The van der Waals surface area contributed by atoms with E-state index in [0.29, 0.717) is 12.3 Å². The van der Waals surface area contributed by atoms with Gasteiger partial charge in [-0.05, 0) is 25.0 Å². The molecule has 1 N–H and O–H groups in total. The minimum atomic E-state index is 0.0542. The van der Waals surface area contributed by atoms with Gasteiger partial charge in [-0.15, -0.1) is 21.5 Å². The summed E-state index contributed by atoms with van der Waals surface area (Å²) in [6.07, 6.45) is 2.47. The lowest BCUT2D eigenvalue weighted by Gasteiger charge is -2.15. The van der Waals surface area contributed by atoms with Crippen LogP contribution in [-0.4, -0.2) is 53.1 Å². The molecule has 1 aliphatic heterocycles. The van der Waals surface area contributed by atoms with Crippen molar-refractivity contribution in [1.82, 2.24) is 15.1 Å². The number of nitrogens with zero attached hydrogens (tertiary/aromatic N) is 3. The molecule has 1 atom stereocenters. The number of thiophene rings is 1. The maximum absolute atomic E-state index is 12.2. The molecule has 1 amide bonds. The molecule has 3 heterocycles. The minimum absolute atomic E-state index is 0.0542. The minimum Gasteiger partial charge on any atom is -0.376 e. The Morgan fingerprint density at radius 1 is 1.48 bits per heavy atom. The third-order valence-corrected chi connectivity index (χ3v) is 6.89. The standard InChI is InChI=1S/C15H19ClN4O2S3/c1-20(8-11-4-5-12(16)24-11)13(21)9-23-15-19-18-14(25-15)17-7-10-3-2-6-22-10/h4-5,10H,2-3,6-9H2,1H3,(H,17,18). The van der Waals surface area contributed by atoms with Gasteiger partial charge in [-0.3, -0.25) is 4.79 Å². The van der Waals surface area contributed by atoms with Crippen molar-refractivity contribution >= 4 is 57.1 Å². The molecule has 2 aromatic heterocycles. The number of carbonyl (C=O) groups excluding carboxylic acids is 1. The lowest BCUT2D eigenvalue weighted by atomic mass is 10.2. The molecule has 0 saturated carbocycles. The van der Waals surface area contributed by atoms with E-state index in [1.54, 1.807) is 11.9 Å². The third kappa shape index (κ3) is 5.82. The van der Waals surface area contributed by atoms with E-state index in [0.717, 1.165) is 44.7 Å². The number of nitrogens with one attached hydrogen (secondary N) is 1. The molecule has 10 heteroatoms. The SMILES string of the molecule is CN(Cc1ccc(Cl)s1)C(=O)CSc1nnc(NCC2CCCO2)s1. The van der Waals surface area contributed by atoms with Crippen molar-refractivity contribution in [3.05, 3.63) is 21.3 Å². The summed E-state index contributed by atoms with van der Waals surface area (Å²) in [6, 6.07) is 3.79. The largest absolute Gasteiger partial charge is 0.376 e. The van der Waals surface area contributed by atoms with Gasteiger partial charge in [0.05, 0.1) is 22.7 Å². The number of hydrogen-bond donors (Lipinski definition) is 1. The summed E-state index contributed by atoms with van der Waals surface area (Å²) in [4.78, 5) is 15.0. The Labute approximate surface area is 163 Å². The van der Waals surface area contributed by atoms with E-state index in [4.69, 9.17) is 16.3 Å². The zero-order valence-corrected chi connectivity index (χ0v) is 16.9. The number of halogens is 1. The number of anilines is 1. The van der Waals surface area contributed by atoms with Gasteiger partial charge in [0, 0.05) is 25.1 Å². The summed E-state index contributed by atoms with van der Waals surface area (Å²) in [5.74, 6) is 0.397. The average Bonchev–Trinajstić information content (AvgIpc) is 3.33. The van der Waals surface area contributed by atoms with Crippen LogP contribution in [0.3, 0.4) is 0 Å². The summed E-state index contributed by atoms with van der Waals surface area (Å²) >= 11 is 10.3. The first-order valence-electron chi connectivity index (χ1n) is 7.90. The molecular formula is C15H19ClN4O2S3. The molecule has 0 spiro atoms. The maximum atomic E-state index is 12.2. The van der Waals surface area contributed by atoms with Gasteiger partial charge in [0.1, 0.15) is 0 Å². The van der Waals surface area contributed by atoms with Crippen LogP contribution in [0.5, 0.6) is 0 Å². The Hall–Kier alpha value is -0.870. The van der Waals surface area contributed by atoms with Gasteiger partial charge >= 0.3 is 0 Å². The van der Waals surface area contributed by atoms with E-state index in [9.17, 15) is 4.79 Å². The van der Waals surface area contributed by atoms with Gasteiger partial charge < -0.3 is 15.0 Å². The number of amides is 1. The molecule has 0 aromatic carbocycles. The predicted octanol–water partition coefficient (Wildman–Crippen LogP) is 3.59. The average molecular weight is 419 g/mol. The summed E-state index contributed by atoms with van der Waals surface area (Å²) in [5, 5.41) is 12.3. The van der Waals surface area contributed by atoms with Gasteiger partial charge in [0.25, 0.3) is 0 Å². The fourth-order valence-electron chi connectivity index (χ4n) is 2.34. The lowest BCUT2D eigenvalue weighted by molar-refractivity contribution is -0.127. The van der Waals surface area contributed by atoms with Crippen LogP contribution in [0.15, 0.2) is 16.5 Å². The molecule has 1 fully saturated rings. The van der Waals surface area contributed by atoms with E-state index < -0.39 is 0 Å². The second-order valence-corrected chi connectivity index (χ2v) is 9.63. The molecule has 0 aliphatic carbocycles. The molecule has 2 aromatic rings. The molecule has 0 radical (unpaired) electrons. The fourth-order valence-corrected chi connectivity index (χ4v) is 5.18. The second kappa shape index (κ2) is 9.18. The summed E-state index contributed by atoms with van der Waals surface area (Å²) < 4.78 is 7.09. The highest BCUT2D eigenvalue weighted by Gasteiger charge is 2.16. The molecular weight excluding hydrogens is 400 g/mol. The van der Waals surface area contributed by atoms with Crippen LogP contribution >= 0.6 is 46.0 Å². The number of hydrogen-bond acceptors (Lipinski definition) is 8. The Morgan fingerprint density at radius 3 is 3.08 bits per heavy atom. The van der Waals surface area contributed by atoms with Crippen molar-refractivity contribution in [2.75, 3.05) is 31.3 Å². The molecule has 3 rings (SSSR count). The van der Waals surface area contributed by atoms with E-state index in [-0.39, 0.29) is 12.0 Å². The van der Waals surface area contributed by atoms with E-state index in [1.165, 1.54) is 34.4 Å². The van der Waals surface area contributed by atoms with Gasteiger partial charge in [-0.25, -0.2) is 0 Å². The van der Waals surface area contributed by atoms with Crippen LogP contribution in [0.25, 0.3) is 0 Å². The first kappa shape index (κ1) is 18.9. The van der Waals surface area contributed by atoms with Crippen molar-refractivity contribution < 1.29 is 9.53 Å². The highest BCUT2D eigenvalue weighted by Crippen LogP contribution is 2.27. The molecule has 6 nitrogen and oxygen atoms in total. The van der Waals surface area contributed by atoms with E-state index in [1.807, 2.05) is 12.1 Å². The van der Waals surface area contributed by atoms with Crippen LogP contribution in [0.1, 0.15) is 17.7 Å². The normalized spacial score (nSPS) is 17.0. The molecule has 1 unspecified atom stereocenters. The quantitative estimate of drug-likeness (QED) is 0.660. The Bertz CT molecular complexity index is 703. The zero-order chi connectivity index (χ0) is 17.6. The first-order chi connectivity index (χ1) is 12.1. The van der Waals surface area contributed by atoms with E-state index >= 15 is 0 Å². The van der Waals surface area contributed by atoms with Crippen LogP contribution in [0.2, 0.25) is 4.34 Å². The number of thioether (sulfide) groups is 1. The highest BCUT2D eigenvalue weighted by atomic mass is 35.5. The third-order valence-electron chi connectivity index (χ3n) is 3.68. The van der Waals surface area contributed by atoms with Crippen molar-refractivity contribution in [1.29, 1.82) is 0 Å². The van der Waals surface area contributed by atoms with Crippen molar-refractivity contribution in [3.63, 3.8) is 0 Å². The smallest absolute Gasteiger partial charge is 0.233 e. The lowest BCUT2D eigenvalue weighted by Crippen LogP contribution is -2.27.